The number of hydrogen-bond donors (Lipinski definition) is 0. The molecule has 0 fully saturated rings. The molecular formula is C16H23N5O3S. The maximum atomic E-state index is 12.6. The van der Waals surface area contributed by atoms with Crippen molar-refractivity contribution in [2.45, 2.75) is 25.8 Å². The van der Waals surface area contributed by atoms with E-state index < -0.39 is 10.0 Å². The Kier molecular flexibility index (Phi) is 5.45. The van der Waals surface area contributed by atoms with Crippen molar-refractivity contribution in [2.24, 2.45) is 7.05 Å². The van der Waals surface area contributed by atoms with Gasteiger partial charge in [-0.15, -0.1) is 0 Å². The number of unbranched alkanes of at least 4 members (excludes halogenated alkanes) is 1. The molecule has 3 rings (SSSR count). The molecule has 0 aromatic carbocycles. The van der Waals surface area contributed by atoms with Crippen LogP contribution in [0.15, 0.2) is 18.5 Å². The van der Waals surface area contributed by atoms with Crippen molar-refractivity contribution in [3.63, 3.8) is 0 Å². The van der Waals surface area contributed by atoms with E-state index in [-0.39, 0.29) is 5.75 Å². The van der Waals surface area contributed by atoms with Crippen molar-refractivity contribution in [2.75, 3.05) is 26.0 Å². The number of rotatable bonds is 7. The lowest BCUT2D eigenvalue weighted by molar-refractivity contribution is 0.194. The minimum Gasteiger partial charge on any atom is -0.385 e. The fourth-order valence-corrected chi connectivity index (χ4v) is 4.43. The van der Waals surface area contributed by atoms with Crippen LogP contribution in [0.2, 0.25) is 0 Å². The quantitative estimate of drug-likeness (QED) is 0.680. The topological polar surface area (TPSA) is 90.2 Å². The van der Waals surface area contributed by atoms with E-state index in [0.717, 1.165) is 23.2 Å². The largest absolute Gasteiger partial charge is 0.385 e. The van der Waals surface area contributed by atoms with Gasteiger partial charge < -0.3 is 4.74 Å². The molecule has 0 unspecified atom stereocenters. The van der Waals surface area contributed by atoms with Gasteiger partial charge in [0.2, 0.25) is 10.0 Å². The van der Waals surface area contributed by atoms with E-state index in [2.05, 4.69) is 15.3 Å². The van der Waals surface area contributed by atoms with Gasteiger partial charge in [0.1, 0.15) is 0 Å². The Morgan fingerprint density at radius 1 is 1.28 bits per heavy atom. The fraction of sp³-hybridized carbons (Fsp3) is 0.562. The molecule has 1 aliphatic heterocycles. The number of sulfonamides is 1. The molecule has 0 radical (unpaired) electrons. The summed E-state index contributed by atoms with van der Waals surface area (Å²) in [6.45, 7) is 1.40. The van der Waals surface area contributed by atoms with Gasteiger partial charge in [-0.2, -0.15) is 19.6 Å². The molecule has 2 aromatic rings. The van der Waals surface area contributed by atoms with Gasteiger partial charge in [-0.3, -0.25) is 4.68 Å². The summed E-state index contributed by atoms with van der Waals surface area (Å²) in [5.41, 5.74) is 3.38. The van der Waals surface area contributed by atoms with Crippen molar-refractivity contribution in [1.29, 1.82) is 0 Å². The SMILES string of the molecule is COCCCCS(=O)(=O)N1CCc2nnc(-c3cnn(C)c3)cc2C1. The molecule has 9 heteroatoms. The van der Waals surface area contributed by atoms with Crippen LogP contribution >= 0.6 is 0 Å². The van der Waals surface area contributed by atoms with E-state index in [4.69, 9.17) is 4.74 Å². The highest BCUT2D eigenvalue weighted by molar-refractivity contribution is 7.89. The molecule has 0 atom stereocenters. The summed E-state index contributed by atoms with van der Waals surface area (Å²) in [7, 11) is 0.196. The Hall–Kier alpha value is -1.84. The normalized spacial score (nSPS) is 15.3. The third-order valence-electron chi connectivity index (χ3n) is 4.30. The van der Waals surface area contributed by atoms with Gasteiger partial charge in [0.05, 0.1) is 23.3 Å². The Balaban J connectivity index is 1.73. The molecule has 0 saturated carbocycles. The van der Waals surface area contributed by atoms with Gasteiger partial charge in [0.25, 0.3) is 0 Å². The highest BCUT2D eigenvalue weighted by Gasteiger charge is 2.27. The van der Waals surface area contributed by atoms with E-state index in [0.29, 0.717) is 38.2 Å². The lowest BCUT2D eigenvalue weighted by Gasteiger charge is -2.27. The molecular weight excluding hydrogens is 342 g/mol. The zero-order chi connectivity index (χ0) is 17.9. The van der Waals surface area contributed by atoms with Crippen LogP contribution in [-0.2, 0) is 34.8 Å². The predicted molar refractivity (Wildman–Crippen MR) is 93.2 cm³/mol. The minimum absolute atomic E-state index is 0.152. The second kappa shape index (κ2) is 7.59. The molecule has 2 aromatic heterocycles. The van der Waals surface area contributed by atoms with Gasteiger partial charge in [0, 0.05) is 52.0 Å². The average molecular weight is 365 g/mol. The van der Waals surface area contributed by atoms with Crippen molar-refractivity contribution in [3.8, 4) is 11.3 Å². The van der Waals surface area contributed by atoms with Crippen molar-refractivity contribution < 1.29 is 13.2 Å². The maximum absolute atomic E-state index is 12.6. The van der Waals surface area contributed by atoms with Gasteiger partial charge in [-0.05, 0) is 24.5 Å². The molecule has 0 spiro atoms. The van der Waals surface area contributed by atoms with Gasteiger partial charge in [-0.25, -0.2) is 8.42 Å². The second-order valence-electron chi connectivity index (χ2n) is 6.20. The van der Waals surface area contributed by atoms with E-state index >= 15 is 0 Å². The smallest absolute Gasteiger partial charge is 0.214 e. The zero-order valence-electron chi connectivity index (χ0n) is 14.6. The maximum Gasteiger partial charge on any atom is 0.214 e. The van der Waals surface area contributed by atoms with Crippen LogP contribution in [0.4, 0.5) is 0 Å². The summed E-state index contributed by atoms with van der Waals surface area (Å²) in [4.78, 5) is 0. The van der Waals surface area contributed by atoms with Crippen LogP contribution in [0.5, 0.6) is 0 Å². The minimum atomic E-state index is -3.27. The molecule has 0 bridgehead atoms. The van der Waals surface area contributed by atoms with Crippen LogP contribution in [-0.4, -0.2) is 58.7 Å². The number of hydrogen-bond acceptors (Lipinski definition) is 6. The first kappa shape index (κ1) is 18.0. The third-order valence-corrected chi connectivity index (χ3v) is 6.20. The summed E-state index contributed by atoms with van der Waals surface area (Å²) in [5, 5.41) is 12.7. The number of ether oxygens (including phenoxy) is 1. The number of nitrogens with zero attached hydrogens (tertiary/aromatic N) is 5. The first-order valence-corrected chi connectivity index (χ1v) is 9.92. The molecule has 0 amide bonds. The van der Waals surface area contributed by atoms with Crippen LogP contribution in [0.1, 0.15) is 24.1 Å². The number of aryl methyl sites for hydroxylation is 1. The van der Waals surface area contributed by atoms with E-state index in [9.17, 15) is 8.42 Å². The molecule has 0 aliphatic carbocycles. The predicted octanol–water partition coefficient (Wildman–Crippen LogP) is 0.992. The van der Waals surface area contributed by atoms with E-state index in [1.54, 1.807) is 22.3 Å². The van der Waals surface area contributed by atoms with Gasteiger partial charge in [-0.1, -0.05) is 0 Å². The lowest BCUT2D eigenvalue weighted by atomic mass is 10.1. The molecule has 8 nitrogen and oxygen atoms in total. The third kappa shape index (κ3) is 4.23. The number of aromatic nitrogens is 4. The summed E-state index contributed by atoms with van der Waals surface area (Å²) < 4.78 is 33.3. The van der Waals surface area contributed by atoms with E-state index in [1.807, 2.05) is 19.3 Å². The average Bonchev–Trinajstić information content (AvgIpc) is 3.04. The first-order valence-electron chi connectivity index (χ1n) is 8.31. The monoisotopic (exact) mass is 365 g/mol. The van der Waals surface area contributed by atoms with Gasteiger partial charge in [0.15, 0.2) is 0 Å². The van der Waals surface area contributed by atoms with Crippen LogP contribution in [0, 0.1) is 0 Å². The van der Waals surface area contributed by atoms with Crippen LogP contribution in [0.3, 0.4) is 0 Å². The number of methoxy groups -OCH3 is 1. The Labute approximate surface area is 147 Å². The molecule has 1 aliphatic rings. The molecule has 3 heterocycles. The van der Waals surface area contributed by atoms with Crippen LogP contribution in [0.25, 0.3) is 11.3 Å². The first-order chi connectivity index (χ1) is 12.0. The molecule has 25 heavy (non-hydrogen) atoms. The lowest BCUT2D eigenvalue weighted by Crippen LogP contribution is -2.38. The van der Waals surface area contributed by atoms with E-state index in [1.165, 1.54) is 0 Å². The van der Waals surface area contributed by atoms with Gasteiger partial charge >= 0.3 is 0 Å². The summed E-state index contributed by atoms with van der Waals surface area (Å²) in [6.07, 6.45) is 5.53. The fourth-order valence-electron chi connectivity index (χ4n) is 2.89. The van der Waals surface area contributed by atoms with Crippen molar-refractivity contribution in [1.82, 2.24) is 24.3 Å². The second-order valence-corrected chi connectivity index (χ2v) is 8.29. The molecule has 136 valence electrons. The highest BCUT2D eigenvalue weighted by atomic mass is 32.2. The van der Waals surface area contributed by atoms with Crippen LogP contribution < -0.4 is 0 Å². The Bertz CT molecular complexity index is 834. The standard InChI is InChI=1S/C16H23N5O3S/c1-20-11-14(10-17-20)16-9-13-12-21(6-5-15(13)18-19-16)25(22,23)8-4-3-7-24-2/h9-11H,3-8,12H2,1-2H3. The Morgan fingerprint density at radius 2 is 2.12 bits per heavy atom. The molecule has 0 saturated heterocycles. The molecule has 0 N–H and O–H groups in total. The summed E-state index contributed by atoms with van der Waals surface area (Å²) in [6, 6.07) is 1.92. The summed E-state index contributed by atoms with van der Waals surface area (Å²) >= 11 is 0. The number of fused-ring (bicyclic) bond motifs is 1. The summed E-state index contributed by atoms with van der Waals surface area (Å²) in [5.74, 6) is 0.152. The Morgan fingerprint density at radius 3 is 2.84 bits per heavy atom. The highest BCUT2D eigenvalue weighted by Crippen LogP contribution is 2.24. The van der Waals surface area contributed by atoms with Crippen molar-refractivity contribution in [3.05, 3.63) is 29.7 Å². The zero-order valence-corrected chi connectivity index (χ0v) is 15.4. The van der Waals surface area contributed by atoms with Crippen molar-refractivity contribution >= 4 is 10.0 Å².